The number of anilines is 2. The third-order valence-corrected chi connectivity index (χ3v) is 4.67. The Bertz CT molecular complexity index is 996. The van der Waals surface area contributed by atoms with E-state index in [0.29, 0.717) is 5.69 Å². The van der Waals surface area contributed by atoms with Crippen molar-refractivity contribution in [1.82, 2.24) is 0 Å². The fourth-order valence-corrected chi connectivity index (χ4v) is 3.22. The number of carbonyl (C=O) groups is 2. The number of amides is 2. The molecule has 2 N–H and O–H groups in total. The highest BCUT2D eigenvalue weighted by Gasteiger charge is 2.21. The first-order valence-corrected chi connectivity index (χ1v) is 9.22. The number of hydrogen-bond acceptors (Lipinski definition) is 2. The lowest BCUT2D eigenvalue weighted by molar-refractivity contribution is 0.200. The predicted molar refractivity (Wildman–Crippen MR) is 113 cm³/mol. The van der Waals surface area contributed by atoms with Crippen molar-refractivity contribution in [2.24, 2.45) is 0 Å². The molecule has 3 aromatic carbocycles. The molecule has 0 spiro atoms. The van der Waals surface area contributed by atoms with Gasteiger partial charge in [-0.2, -0.15) is 0 Å². The van der Waals surface area contributed by atoms with Crippen LogP contribution < -0.4 is 9.80 Å². The van der Waals surface area contributed by atoms with Crippen molar-refractivity contribution in [3.63, 3.8) is 0 Å². The van der Waals surface area contributed by atoms with Gasteiger partial charge in [-0.05, 0) is 29.3 Å². The lowest BCUT2D eigenvalue weighted by atomic mass is 10.1. The molecule has 0 atom stereocenters. The van der Waals surface area contributed by atoms with Crippen LogP contribution in [0.3, 0.4) is 0 Å². The van der Waals surface area contributed by atoms with Crippen LogP contribution in [-0.2, 0) is 13.1 Å². The summed E-state index contributed by atoms with van der Waals surface area (Å²) in [5, 5.41) is 19.4. The Balaban J connectivity index is 1.89. The van der Waals surface area contributed by atoms with Crippen LogP contribution in [-0.4, -0.2) is 22.4 Å². The molecule has 3 aromatic rings. The molecule has 0 aliphatic rings. The van der Waals surface area contributed by atoms with Crippen LogP contribution in [0, 0.1) is 0 Å². The molecule has 7 heteroatoms. The van der Waals surface area contributed by atoms with Crippen molar-refractivity contribution >= 4 is 35.2 Å². The summed E-state index contributed by atoms with van der Waals surface area (Å²) in [6.45, 7) is 0.278. The number of benzene rings is 3. The average Bonchev–Trinajstić information content (AvgIpc) is 2.72. The van der Waals surface area contributed by atoms with Crippen LogP contribution in [0.1, 0.15) is 11.1 Å². The van der Waals surface area contributed by atoms with E-state index in [1.165, 1.54) is 12.1 Å². The standard InChI is InChI=1S/C22H19ClN2O4/c23-19-13-18(24(21(26)27)14-16-7-3-1-4-8-16)11-12-20(19)25(22(28)29)15-17-9-5-2-6-10-17/h1-13H,14-15H2,(H,26,27)(H,28,29). The third kappa shape index (κ3) is 5.06. The van der Waals surface area contributed by atoms with Crippen LogP contribution >= 0.6 is 11.6 Å². The van der Waals surface area contributed by atoms with E-state index in [0.717, 1.165) is 20.9 Å². The molecule has 0 heterocycles. The van der Waals surface area contributed by atoms with Crippen molar-refractivity contribution in [1.29, 1.82) is 0 Å². The average molecular weight is 411 g/mol. The Labute approximate surface area is 173 Å². The zero-order chi connectivity index (χ0) is 20.8. The van der Waals surface area contributed by atoms with Gasteiger partial charge in [0.25, 0.3) is 0 Å². The van der Waals surface area contributed by atoms with Gasteiger partial charge in [-0.3, -0.25) is 9.80 Å². The number of nitrogens with zero attached hydrogens (tertiary/aromatic N) is 2. The van der Waals surface area contributed by atoms with Crippen LogP contribution in [0.5, 0.6) is 0 Å². The zero-order valence-corrected chi connectivity index (χ0v) is 16.2. The minimum atomic E-state index is -1.15. The molecule has 29 heavy (non-hydrogen) atoms. The fourth-order valence-electron chi connectivity index (χ4n) is 2.94. The highest BCUT2D eigenvalue weighted by Crippen LogP contribution is 2.32. The van der Waals surface area contributed by atoms with Gasteiger partial charge in [0, 0.05) is 5.69 Å². The van der Waals surface area contributed by atoms with Crippen LogP contribution in [0.4, 0.5) is 21.0 Å². The first-order chi connectivity index (χ1) is 14.0. The molecule has 0 saturated carbocycles. The highest BCUT2D eigenvalue weighted by atomic mass is 35.5. The maximum Gasteiger partial charge on any atom is 0.412 e. The zero-order valence-electron chi connectivity index (χ0n) is 15.4. The summed E-state index contributed by atoms with van der Waals surface area (Å²) < 4.78 is 0. The number of carboxylic acid groups (broad SMARTS) is 2. The Kier molecular flexibility index (Phi) is 6.36. The summed E-state index contributed by atoms with van der Waals surface area (Å²) in [6.07, 6.45) is -2.28. The molecule has 2 amide bonds. The van der Waals surface area contributed by atoms with Gasteiger partial charge in [-0.1, -0.05) is 72.3 Å². The second-order valence-corrected chi connectivity index (χ2v) is 6.75. The smallest absolute Gasteiger partial charge is 0.412 e. The maximum absolute atomic E-state index is 11.8. The van der Waals surface area contributed by atoms with E-state index in [1.54, 1.807) is 6.07 Å². The van der Waals surface area contributed by atoms with E-state index in [-0.39, 0.29) is 23.8 Å². The van der Waals surface area contributed by atoms with E-state index in [9.17, 15) is 19.8 Å². The van der Waals surface area contributed by atoms with Gasteiger partial charge in [-0.15, -0.1) is 0 Å². The van der Waals surface area contributed by atoms with Crippen LogP contribution in [0.25, 0.3) is 0 Å². The molecule has 0 aromatic heterocycles. The summed E-state index contributed by atoms with van der Waals surface area (Å²) in [6, 6.07) is 22.9. The first kappa shape index (κ1) is 20.2. The Morgan fingerprint density at radius 3 is 1.66 bits per heavy atom. The van der Waals surface area contributed by atoms with E-state index >= 15 is 0 Å². The fraction of sp³-hybridized carbons (Fsp3) is 0.0909. The molecule has 148 valence electrons. The minimum Gasteiger partial charge on any atom is -0.465 e. The van der Waals surface area contributed by atoms with Gasteiger partial charge in [0.15, 0.2) is 0 Å². The third-order valence-electron chi connectivity index (χ3n) is 4.36. The SMILES string of the molecule is O=C(O)N(Cc1ccccc1)c1ccc(N(Cc2ccccc2)C(=O)O)c(Cl)c1. The highest BCUT2D eigenvalue weighted by molar-refractivity contribution is 6.34. The van der Waals surface area contributed by atoms with Gasteiger partial charge in [0.1, 0.15) is 0 Å². The van der Waals surface area contributed by atoms with Crippen molar-refractivity contribution in [2.45, 2.75) is 13.1 Å². The minimum absolute atomic E-state index is 0.127. The Morgan fingerprint density at radius 2 is 1.21 bits per heavy atom. The summed E-state index contributed by atoms with van der Waals surface area (Å²) in [4.78, 5) is 25.8. The quantitative estimate of drug-likeness (QED) is 0.545. The topological polar surface area (TPSA) is 81.1 Å². The van der Waals surface area contributed by atoms with Crippen molar-refractivity contribution in [3.8, 4) is 0 Å². The molecular weight excluding hydrogens is 392 g/mol. The van der Waals surface area contributed by atoms with E-state index in [4.69, 9.17) is 11.6 Å². The molecule has 0 aliphatic carbocycles. The second-order valence-electron chi connectivity index (χ2n) is 6.34. The van der Waals surface area contributed by atoms with Gasteiger partial charge in [0.05, 0.1) is 23.8 Å². The molecule has 6 nitrogen and oxygen atoms in total. The van der Waals surface area contributed by atoms with Gasteiger partial charge in [-0.25, -0.2) is 9.59 Å². The normalized spacial score (nSPS) is 10.4. The van der Waals surface area contributed by atoms with Gasteiger partial charge in [0.2, 0.25) is 0 Å². The summed E-state index contributed by atoms with van der Waals surface area (Å²) >= 11 is 6.36. The lowest BCUT2D eigenvalue weighted by Gasteiger charge is -2.24. The molecule has 0 fully saturated rings. The van der Waals surface area contributed by atoms with Crippen molar-refractivity contribution in [3.05, 3.63) is 95.0 Å². The molecule has 0 bridgehead atoms. The number of rotatable bonds is 6. The summed E-state index contributed by atoms with van der Waals surface area (Å²) in [7, 11) is 0. The number of halogens is 1. The predicted octanol–water partition coefficient (Wildman–Crippen LogP) is 5.71. The molecule has 0 saturated heterocycles. The summed E-state index contributed by atoms with van der Waals surface area (Å²) in [5.41, 5.74) is 2.29. The second kappa shape index (κ2) is 9.12. The Morgan fingerprint density at radius 1 is 0.724 bits per heavy atom. The molecule has 0 aliphatic heterocycles. The van der Waals surface area contributed by atoms with Gasteiger partial charge >= 0.3 is 12.2 Å². The van der Waals surface area contributed by atoms with Crippen LogP contribution in [0.15, 0.2) is 78.9 Å². The van der Waals surface area contributed by atoms with Crippen molar-refractivity contribution < 1.29 is 19.8 Å². The molecular formula is C22H19ClN2O4. The first-order valence-electron chi connectivity index (χ1n) is 8.84. The summed E-state index contributed by atoms with van der Waals surface area (Å²) in [5.74, 6) is 0. The largest absolute Gasteiger partial charge is 0.465 e. The lowest BCUT2D eigenvalue weighted by Crippen LogP contribution is -2.30. The molecule has 0 unspecified atom stereocenters. The monoisotopic (exact) mass is 410 g/mol. The number of hydrogen-bond donors (Lipinski definition) is 2. The molecule has 0 radical (unpaired) electrons. The molecule has 3 rings (SSSR count). The van der Waals surface area contributed by atoms with Crippen molar-refractivity contribution in [2.75, 3.05) is 9.80 Å². The van der Waals surface area contributed by atoms with E-state index in [2.05, 4.69) is 0 Å². The maximum atomic E-state index is 11.8. The van der Waals surface area contributed by atoms with Crippen LogP contribution in [0.2, 0.25) is 5.02 Å². The van der Waals surface area contributed by atoms with Gasteiger partial charge < -0.3 is 10.2 Å². The Hall–Kier alpha value is -3.51. The van der Waals surface area contributed by atoms with E-state index in [1.807, 2.05) is 60.7 Å². The van der Waals surface area contributed by atoms with E-state index < -0.39 is 12.2 Å².